The monoisotopic (exact) mass is 451 g/mol. The van der Waals surface area contributed by atoms with E-state index in [2.05, 4.69) is 33.0 Å². The van der Waals surface area contributed by atoms with Crippen molar-refractivity contribution in [2.24, 2.45) is 11.8 Å². The molecule has 3 heterocycles. The number of rotatable bonds is 5. The summed E-state index contributed by atoms with van der Waals surface area (Å²) in [6.45, 7) is 7.80. The van der Waals surface area contributed by atoms with Crippen molar-refractivity contribution in [2.75, 3.05) is 32.0 Å². The van der Waals surface area contributed by atoms with E-state index in [4.69, 9.17) is 15.5 Å². The summed E-state index contributed by atoms with van der Waals surface area (Å²) in [5.74, 6) is 1.56. The number of halogens is 3. The first-order valence-electron chi connectivity index (χ1n) is 11.1. The third-order valence-corrected chi connectivity index (χ3v) is 6.94. The van der Waals surface area contributed by atoms with Gasteiger partial charge in [-0.1, -0.05) is 13.8 Å². The van der Waals surface area contributed by atoms with Crippen molar-refractivity contribution in [3.63, 3.8) is 0 Å². The summed E-state index contributed by atoms with van der Waals surface area (Å²) in [4.78, 5) is 11.2. The van der Waals surface area contributed by atoms with E-state index < -0.39 is 12.1 Å². The molecular weight excluding hydrogens is 423 g/mol. The van der Waals surface area contributed by atoms with E-state index in [1.54, 1.807) is 0 Å². The molecule has 2 N–H and O–H groups in total. The van der Waals surface area contributed by atoms with Gasteiger partial charge in [-0.05, 0) is 30.7 Å². The van der Waals surface area contributed by atoms with Crippen molar-refractivity contribution in [1.82, 2.24) is 19.4 Å². The number of hydrogen-bond donors (Lipinski definition) is 1. The number of morpholine rings is 1. The van der Waals surface area contributed by atoms with Gasteiger partial charge in [0, 0.05) is 49.0 Å². The third kappa shape index (κ3) is 4.05. The molecule has 10 heteroatoms. The molecule has 0 spiro atoms. The van der Waals surface area contributed by atoms with E-state index >= 15 is 0 Å². The molecule has 0 bridgehead atoms. The number of fused-ring (bicyclic) bond motifs is 1. The summed E-state index contributed by atoms with van der Waals surface area (Å²) < 4.78 is 49.9. The second-order valence-electron chi connectivity index (χ2n) is 9.29. The zero-order chi connectivity index (χ0) is 22.6. The van der Waals surface area contributed by atoms with Gasteiger partial charge in [-0.2, -0.15) is 0 Å². The summed E-state index contributed by atoms with van der Waals surface area (Å²) in [5.41, 5.74) is 6.62. The number of aromatic nitrogens is 3. The molecule has 1 aliphatic heterocycles. The van der Waals surface area contributed by atoms with E-state index in [1.165, 1.54) is 25.1 Å². The van der Waals surface area contributed by atoms with Crippen LogP contribution in [0, 0.1) is 11.8 Å². The Hall–Kier alpha value is -2.33. The molecule has 3 fully saturated rings. The molecule has 0 aromatic carbocycles. The second-order valence-corrected chi connectivity index (χ2v) is 9.29. The maximum atomic E-state index is 12.7. The van der Waals surface area contributed by atoms with Gasteiger partial charge in [0.2, 0.25) is 0 Å². The van der Waals surface area contributed by atoms with Crippen molar-refractivity contribution >= 4 is 5.82 Å². The number of imidazole rings is 1. The number of nitrogen functional groups attached to an aromatic ring is 1. The molecule has 2 aliphatic carbocycles. The fourth-order valence-corrected chi connectivity index (χ4v) is 5.45. The normalized spacial score (nSPS) is 28.2. The Labute approximate surface area is 184 Å². The van der Waals surface area contributed by atoms with Gasteiger partial charge in [0.1, 0.15) is 5.82 Å². The largest absolute Gasteiger partial charge is 0.573 e. The number of hydrogen-bond acceptors (Lipinski definition) is 6. The second kappa shape index (κ2) is 7.91. The molecule has 0 amide bonds. The zero-order valence-electron chi connectivity index (χ0n) is 18.2. The molecule has 1 saturated heterocycles. The van der Waals surface area contributed by atoms with Crippen LogP contribution >= 0.6 is 0 Å². The lowest BCUT2D eigenvalue weighted by Gasteiger charge is -2.33. The number of nitrogens with two attached hydrogens (primary N) is 1. The average molecular weight is 451 g/mol. The number of anilines is 1. The van der Waals surface area contributed by atoms with E-state index in [0.717, 1.165) is 32.1 Å². The Morgan fingerprint density at radius 1 is 1.19 bits per heavy atom. The minimum absolute atomic E-state index is 0.188. The summed E-state index contributed by atoms with van der Waals surface area (Å²) in [7, 11) is 0. The maximum absolute atomic E-state index is 12.7. The van der Waals surface area contributed by atoms with Crippen LogP contribution in [0.5, 0.6) is 5.75 Å². The lowest BCUT2D eigenvalue weighted by Crippen LogP contribution is -2.43. The molecule has 2 aromatic rings. The highest BCUT2D eigenvalue weighted by molar-refractivity contribution is 5.64. The maximum Gasteiger partial charge on any atom is 0.573 e. The quantitative estimate of drug-likeness (QED) is 0.745. The van der Waals surface area contributed by atoms with Crippen LogP contribution in [0.1, 0.15) is 44.5 Å². The Kier molecular flexibility index (Phi) is 5.32. The Balaban J connectivity index is 1.36. The van der Waals surface area contributed by atoms with Crippen molar-refractivity contribution in [1.29, 1.82) is 0 Å². The zero-order valence-corrected chi connectivity index (χ0v) is 18.2. The van der Waals surface area contributed by atoms with E-state index in [1.807, 2.05) is 6.20 Å². The third-order valence-electron chi connectivity index (χ3n) is 6.94. The van der Waals surface area contributed by atoms with Crippen LogP contribution in [-0.2, 0) is 4.74 Å². The molecule has 7 nitrogen and oxygen atoms in total. The molecule has 1 unspecified atom stereocenters. The lowest BCUT2D eigenvalue weighted by atomic mass is 10.1. The van der Waals surface area contributed by atoms with E-state index in [9.17, 15) is 13.2 Å². The molecule has 0 radical (unpaired) electrons. The first-order valence-corrected chi connectivity index (χ1v) is 11.1. The molecule has 4 atom stereocenters. The van der Waals surface area contributed by atoms with E-state index in [0.29, 0.717) is 35.2 Å². The molecule has 174 valence electrons. The van der Waals surface area contributed by atoms with Gasteiger partial charge in [-0.25, -0.2) is 9.97 Å². The highest BCUT2D eigenvalue weighted by Crippen LogP contribution is 2.62. The van der Waals surface area contributed by atoms with Crippen LogP contribution < -0.4 is 10.5 Å². The fraction of sp³-hybridized carbons (Fsp3) is 0.636. The van der Waals surface area contributed by atoms with Gasteiger partial charge in [0.05, 0.1) is 18.9 Å². The van der Waals surface area contributed by atoms with Gasteiger partial charge in [0.15, 0.2) is 11.6 Å². The SMILES string of the molecule is CC(C)c1nc(-c2cnc(N)c(OC(F)(F)F)c2)cn1[C@H]1[C@@H]2CC(N3CCOCC3)C[C@@H]21. The molecule has 5 rings (SSSR count). The minimum Gasteiger partial charge on any atom is -0.402 e. The standard InChI is InChI=1S/C22H28F3N5O2/c1-12(2)21-28-17(13-7-18(20(26)27-10-13)32-22(23,24)25)11-30(21)19-15-8-14(9-16(15)19)29-3-5-31-6-4-29/h7,10-12,14-16,19H,3-6,8-9H2,1-2H3,(H2,26,27)/t14?,15-,16+,19+. The minimum atomic E-state index is -4.83. The smallest absolute Gasteiger partial charge is 0.402 e. The molecule has 32 heavy (non-hydrogen) atoms. The van der Waals surface area contributed by atoms with Crippen LogP contribution in [0.4, 0.5) is 19.0 Å². The molecule has 2 saturated carbocycles. The summed E-state index contributed by atoms with van der Waals surface area (Å²) in [6, 6.07) is 2.28. The van der Waals surface area contributed by atoms with Gasteiger partial charge < -0.3 is 19.8 Å². The highest BCUT2D eigenvalue weighted by Gasteiger charge is 2.58. The van der Waals surface area contributed by atoms with Crippen LogP contribution in [0.15, 0.2) is 18.5 Å². The summed E-state index contributed by atoms with van der Waals surface area (Å²) in [6.07, 6.45) is 0.907. The molecule has 2 aromatic heterocycles. The Bertz CT molecular complexity index is 974. The average Bonchev–Trinajstić information content (AvgIpc) is 3.09. The van der Waals surface area contributed by atoms with Gasteiger partial charge in [0.25, 0.3) is 0 Å². The molecule has 3 aliphatic rings. The number of ether oxygens (including phenoxy) is 2. The van der Waals surface area contributed by atoms with Gasteiger partial charge in [-0.15, -0.1) is 13.2 Å². The predicted octanol–water partition coefficient (Wildman–Crippen LogP) is 3.83. The Morgan fingerprint density at radius 2 is 1.88 bits per heavy atom. The van der Waals surface area contributed by atoms with Crippen molar-refractivity contribution in [3.05, 3.63) is 24.3 Å². The van der Waals surface area contributed by atoms with Crippen LogP contribution in [0.25, 0.3) is 11.3 Å². The van der Waals surface area contributed by atoms with Crippen LogP contribution in [0.2, 0.25) is 0 Å². The fourth-order valence-electron chi connectivity index (χ4n) is 5.45. The Morgan fingerprint density at radius 3 is 2.50 bits per heavy atom. The van der Waals surface area contributed by atoms with Crippen molar-refractivity contribution < 1.29 is 22.6 Å². The van der Waals surface area contributed by atoms with Crippen LogP contribution in [-0.4, -0.2) is 58.1 Å². The summed E-state index contributed by atoms with van der Waals surface area (Å²) >= 11 is 0. The number of alkyl halides is 3. The van der Waals surface area contributed by atoms with Crippen molar-refractivity contribution in [3.8, 4) is 17.0 Å². The summed E-state index contributed by atoms with van der Waals surface area (Å²) in [5, 5.41) is 0. The van der Waals surface area contributed by atoms with Crippen molar-refractivity contribution in [2.45, 2.75) is 51.1 Å². The predicted molar refractivity (Wildman–Crippen MR) is 112 cm³/mol. The first-order chi connectivity index (χ1) is 15.2. The first kappa shape index (κ1) is 21.5. The number of nitrogens with zero attached hydrogens (tertiary/aromatic N) is 4. The molecular formula is C22H28F3N5O2. The van der Waals surface area contributed by atoms with Gasteiger partial charge >= 0.3 is 6.36 Å². The highest BCUT2D eigenvalue weighted by atomic mass is 19.4. The topological polar surface area (TPSA) is 78.4 Å². The lowest BCUT2D eigenvalue weighted by molar-refractivity contribution is -0.274. The van der Waals surface area contributed by atoms with E-state index in [-0.39, 0.29) is 11.7 Å². The van der Waals surface area contributed by atoms with Gasteiger partial charge in [-0.3, -0.25) is 4.90 Å². The number of pyridine rings is 1. The van der Waals surface area contributed by atoms with Crippen LogP contribution in [0.3, 0.4) is 0 Å².